The summed E-state index contributed by atoms with van der Waals surface area (Å²) in [6.45, 7) is -0.622. The molecule has 0 radical (unpaired) electrons. The predicted octanol–water partition coefficient (Wildman–Crippen LogP) is 2.94. The normalized spacial score (nSPS) is 13.2. The Balaban J connectivity index is 1.33. The van der Waals surface area contributed by atoms with Crippen LogP contribution in [-0.4, -0.2) is 38.9 Å². The van der Waals surface area contributed by atoms with Crippen LogP contribution in [-0.2, 0) is 25.1 Å². The van der Waals surface area contributed by atoms with E-state index in [1.807, 2.05) is 0 Å². The molecule has 0 aliphatic heterocycles. The van der Waals surface area contributed by atoms with Crippen molar-refractivity contribution >= 4 is 33.3 Å². The highest BCUT2D eigenvalue weighted by Crippen LogP contribution is 2.21. The molecule has 1 aromatic heterocycles. The summed E-state index contributed by atoms with van der Waals surface area (Å²) in [6.07, 6.45) is 3.11. The van der Waals surface area contributed by atoms with E-state index < -0.39 is 34.1 Å². The Morgan fingerprint density at radius 3 is 2.50 bits per heavy atom. The maximum atomic E-state index is 12.6. The lowest BCUT2D eigenvalue weighted by molar-refractivity contribution is -0.119. The molecule has 0 unspecified atom stereocenters. The third-order valence-corrected chi connectivity index (χ3v) is 6.72. The van der Waals surface area contributed by atoms with Gasteiger partial charge >= 0.3 is 5.97 Å². The first-order valence-corrected chi connectivity index (χ1v) is 12.2. The Morgan fingerprint density at radius 2 is 1.76 bits per heavy atom. The second kappa shape index (κ2) is 9.92. The zero-order chi connectivity index (χ0) is 24.1. The Labute approximate surface area is 196 Å². The maximum absolute atomic E-state index is 12.6. The van der Waals surface area contributed by atoms with Crippen LogP contribution in [0.15, 0.2) is 76.2 Å². The van der Waals surface area contributed by atoms with Gasteiger partial charge in [-0.2, -0.15) is 0 Å². The molecule has 0 spiro atoms. The molecule has 1 heterocycles. The maximum Gasteiger partial charge on any atom is 0.375 e. The second-order valence-corrected chi connectivity index (χ2v) is 9.79. The summed E-state index contributed by atoms with van der Waals surface area (Å²) in [5.74, 6) is -2.55. The predicted molar refractivity (Wildman–Crippen MR) is 122 cm³/mol. The molecule has 34 heavy (non-hydrogen) atoms. The van der Waals surface area contributed by atoms with Gasteiger partial charge in [0.05, 0.1) is 16.9 Å². The SMILES string of the molecule is O=C(COC(=O)c1occc1CS(=O)(=O)c1ccccc1)Nc1cccc(C(=O)NC2CC2)c1. The number of esters is 1. The number of carbonyl (C=O) groups is 3. The molecule has 1 fully saturated rings. The van der Waals surface area contributed by atoms with Gasteiger partial charge < -0.3 is 19.8 Å². The number of carbonyl (C=O) groups excluding carboxylic acids is 3. The van der Waals surface area contributed by atoms with Crippen LogP contribution in [0.4, 0.5) is 5.69 Å². The van der Waals surface area contributed by atoms with Gasteiger partial charge in [-0.25, -0.2) is 13.2 Å². The summed E-state index contributed by atoms with van der Waals surface area (Å²) in [5, 5.41) is 5.42. The van der Waals surface area contributed by atoms with Gasteiger partial charge in [-0.15, -0.1) is 0 Å². The minimum Gasteiger partial charge on any atom is -0.457 e. The van der Waals surface area contributed by atoms with Crippen molar-refractivity contribution in [1.82, 2.24) is 5.32 Å². The summed E-state index contributed by atoms with van der Waals surface area (Å²) in [4.78, 5) is 36.9. The Kier molecular flexibility index (Phi) is 6.78. The van der Waals surface area contributed by atoms with Crippen molar-refractivity contribution < 1.29 is 32.0 Å². The van der Waals surface area contributed by atoms with E-state index >= 15 is 0 Å². The molecular weight excluding hydrogens is 460 g/mol. The number of amides is 2. The first-order chi connectivity index (χ1) is 16.3. The van der Waals surface area contributed by atoms with Crippen LogP contribution in [0.1, 0.15) is 39.3 Å². The van der Waals surface area contributed by atoms with Gasteiger partial charge in [0, 0.05) is 22.9 Å². The molecule has 3 aromatic rings. The lowest BCUT2D eigenvalue weighted by Crippen LogP contribution is -2.25. The summed E-state index contributed by atoms with van der Waals surface area (Å²) >= 11 is 0. The van der Waals surface area contributed by atoms with E-state index in [-0.39, 0.29) is 28.2 Å². The topological polar surface area (TPSA) is 132 Å². The number of sulfone groups is 1. The van der Waals surface area contributed by atoms with Gasteiger partial charge in [-0.05, 0) is 49.2 Å². The molecule has 1 aliphatic rings. The van der Waals surface area contributed by atoms with Crippen LogP contribution < -0.4 is 10.6 Å². The number of nitrogens with one attached hydrogen (secondary N) is 2. The van der Waals surface area contributed by atoms with Crippen molar-refractivity contribution in [2.75, 3.05) is 11.9 Å². The van der Waals surface area contributed by atoms with Crippen LogP contribution in [0.5, 0.6) is 0 Å². The van der Waals surface area contributed by atoms with Crippen LogP contribution in [0.25, 0.3) is 0 Å². The average molecular weight is 483 g/mol. The Morgan fingerprint density at radius 1 is 1.00 bits per heavy atom. The van der Waals surface area contributed by atoms with E-state index in [4.69, 9.17) is 9.15 Å². The first kappa shape index (κ1) is 23.2. The van der Waals surface area contributed by atoms with Crippen molar-refractivity contribution in [3.63, 3.8) is 0 Å². The molecule has 9 nitrogen and oxygen atoms in total. The summed E-state index contributed by atoms with van der Waals surface area (Å²) in [6, 6.07) is 15.8. The lowest BCUT2D eigenvalue weighted by Gasteiger charge is -2.09. The molecule has 10 heteroatoms. The van der Waals surface area contributed by atoms with Crippen LogP contribution in [0.2, 0.25) is 0 Å². The first-order valence-electron chi connectivity index (χ1n) is 10.5. The molecule has 2 aromatic carbocycles. The number of hydrogen-bond acceptors (Lipinski definition) is 7. The van der Waals surface area contributed by atoms with Gasteiger partial charge in [-0.3, -0.25) is 9.59 Å². The van der Waals surface area contributed by atoms with Crippen LogP contribution in [0.3, 0.4) is 0 Å². The highest BCUT2D eigenvalue weighted by atomic mass is 32.2. The van der Waals surface area contributed by atoms with Crippen LogP contribution in [0, 0.1) is 0 Å². The monoisotopic (exact) mass is 482 g/mol. The molecule has 0 saturated heterocycles. The summed E-state index contributed by atoms with van der Waals surface area (Å²) in [5.41, 5.74) is 0.905. The van der Waals surface area contributed by atoms with Crippen molar-refractivity contribution in [3.05, 3.63) is 83.8 Å². The minimum atomic E-state index is -3.71. The summed E-state index contributed by atoms with van der Waals surface area (Å²) < 4.78 is 35.3. The molecular formula is C24H22N2O7S. The Bertz CT molecular complexity index is 1310. The average Bonchev–Trinajstić information content (AvgIpc) is 3.53. The number of rotatable bonds is 9. The molecule has 1 aliphatic carbocycles. The van der Waals surface area contributed by atoms with Gasteiger partial charge in [0.15, 0.2) is 16.4 Å². The highest BCUT2D eigenvalue weighted by molar-refractivity contribution is 7.90. The standard InChI is InChI=1S/C24H22N2O7S/c27-21(25-19-6-4-5-16(13-19)23(28)26-18-9-10-18)14-33-24(29)22-17(11-12-32-22)15-34(30,31)20-7-2-1-3-8-20/h1-8,11-13,18H,9-10,14-15H2,(H,25,27)(H,26,28). The van der Waals surface area contributed by atoms with Crippen molar-refractivity contribution in [2.24, 2.45) is 0 Å². The molecule has 0 atom stereocenters. The smallest absolute Gasteiger partial charge is 0.375 e. The summed E-state index contributed by atoms with van der Waals surface area (Å²) in [7, 11) is -3.71. The molecule has 4 rings (SSSR count). The van der Waals surface area contributed by atoms with Gasteiger partial charge in [-0.1, -0.05) is 24.3 Å². The van der Waals surface area contributed by atoms with Crippen LogP contribution >= 0.6 is 0 Å². The van der Waals surface area contributed by atoms with Gasteiger partial charge in [0.2, 0.25) is 5.76 Å². The fourth-order valence-corrected chi connectivity index (χ4v) is 4.55. The zero-order valence-electron chi connectivity index (χ0n) is 18.0. The molecule has 2 amide bonds. The van der Waals surface area contributed by atoms with Crippen molar-refractivity contribution in [2.45, 2.75) is 29.5 Å². The van der Waals surface area contributed by atoms with E-state index in [0.717, 1.165) is 12.8 Å². The van der Waals surface area contributed by atoms with E-state index in [0.29, 0.717) is 11.3 Å². The molecule has 1 saturated carbocycles. The zero-order valence-corrected chi connectivity index (χ0v) is 18.8. The van der Waals surface area contributed by atoms with E-state index in [1.54, 1.807) is 36.4 Å². The molecule has 0 bridgehead atoms. The minimum absolute atomic E-state index is 0.114. The third kappa shape index (κ3) is 5.90. The number of benzene rings is 2. The van der Waals surface area contributed by atoms with E-state index in [1.165, 1.54) is 30.5 Å². The van der Waals surface area contributed by atoms with E-state index in [2.05, 4.69) is 10.6 Å². The largest absolute Gasteiger partial charge is 0.457 e. The third-order valence-electron chi connectivity index (χ3n) is 5.04. The number of hydrogen-bond donors (Lipinski definition) is 2. The van der Waals surface area contributed by atoms with Gasteiger partial charge in [0.25, 0.3) is 11.8 Å². The molecule has 2 N–H and O–H groups in total. The Hall–Kier alpha value is -3.92. The fourth-order valence-electron chi connectivity index (χ4n) is 3.17. The number of furan rings is 1. The van der Waals surface area contributed by atoms with Crippen molar-refractivity contribution in [1.29, 1.82) is 0 Å². The van der Waals surface area contributed by atoms with Gasteiger partial charge in [0.1, 0.15) is 0 Å². The quantitative estimate of drug-likeness (QED) is 0.448. The second-order valence-electron chi connectivity index (χ2n) is 7.80. The lowest BCUT2D eigenvalue weighted by atomic mass is 10.2. The number of anilines is 1. The fraction of sp³-hybridized carbons (Fsp3) is 0.208. The van der Waals surface area contributed by atoms with E-state index in [9.17, 15) is 22.8 Å². The molecule has 176 valence electrons. The van der Waals surface area contributed by atoms with Crippen molar-refractivity contribution in [3.8, 4) is 0 Å². The highest BCUT2D eigenvalue weighted by Gasteiger charge is 2.25. The number of ether oxygens (including phenoxy) is 1.